The number of nitrogens with one attached hydrogen (secondary N) is 1. The van der Waals surface area contributed by atoms with E-state index in [0.717, 1.165) is 0 Å². The Balaban J connectivity index is 1.95. The summed E-state index contributed by atoms with van der Waals surface area (Å²) in [6.07, 6.45) is 0. The Kier molecular flexibility index (Phi) is 5.40. The molecule has 2 amide bonds. The Labute approximate surface area is 165 Å². The van der Waals surface area contributed by atoms with E-state index in [4.69, 9.17) is 23.2 Å². The topological polar surface area (TPSA) is 49.4 Å². The number of amides is 2. The third-order valence-corrected chi connectivity index (χ3v) is 5.31. The second kappa shape index (κ2) is 7.44. The zero-order valence-electron chi connectivity index (χ0n) is 14.5. The molecule has 1 saturated heterocycles. The van der Waals surface area contributed by atoms with Crippen LogP contribution in [0.3, 0.4) is 0 Å². The molecule has 0 bridgehead atoms. The first-order chi connectivity index (χ1) is 12.7. The van der Waals surface area contributed by atoms with Crippen LogP contribution in [0.15, 0.2) is 30.3 Å². The maximum absolute atomic E-state index is 13.7. The highest BCUT2D eigenvalue weighted by Gasteiger charge is 2.44. The van der Waals surface area contributed by atoms with Gasteiger partial charge in [0.1, 0.15) is 11.7 Å². The molecule has 2 aromatic carbocycles. The van der Waals surface area contributed by atoms with Crippen molar-refractivity contribution in [1.29, 1.82) is 0 Å². The minimum Gasteiger partial charge on any atom is -0.344 e. The third kappa shape index (κ3) is 3.64. The lowest BCUT2D eigenvalue weighted by Crippen LogP contribution is -2.33. The molecule has 2 aromatic rings. The van der Waals surface area contributed by atoms with Crippen LogP contribution in [-0.2, 0) is 9.59 Å². The molecule has 8 heteroatoms. The van der Waals surface area contributed by atoms with Crippen molar-refractivity contribution in [3.63, 3.8) is 0 Å². The van der Waals surface area contributed by atoms with Gasteiger partial charge in [-0.25, -0.2) is 8.78 Å². The predicted molar refractivity (Wildman–Crippen MR) is 100 cm³/mol. The molecule has 4 nitrogen and oxygen atoms in total. The highest BCUT2D eigenvalue weighted by molar-refractivity contribution is 6.35. The molecule has 1 aliphatic heterocycles. The standard InChI is InChI=1S/C19H16Cl2F2N2O2/c1-9-14(22)4-3-5-15(9)24-18(26)16-11(8-25(2)19(16)27)10-6-12(20)17(23)13(21)7-10/h3-7,11,16H,8H2,1-2H3,(H,24,26)/t11-,16+/m0/s1. The lowest BCUT2D eigenvalue weighted by Gasteiger charge is -2.18. The van der Waals surface area contributed by atoms with E-state index in [1.165, 1.54) is 36.1 Å². The number of carbonyl (C=O) groups excluding carboxylic acids is 2. The van der Waals surface area contributed by atoms with Crippen LogP contribution in [0.4, 0.5) is 14.5 Å². The Morgan fingerprint density at radius 2 is 1.85 bits per heavy atom. The summed E-state index contributed by atoms with van der Waals surface area (Å²) < 4.78 is 27.4. The summed E-state index contributed by atoms with van der Waals surface area (Å²) in [5.74, 6) is -3.79. The van der Waals surface area contributed by atoms with E-state index in [1.807, 2.05) is 0 Å². The largest absolute Gasteiger partial charge is 0.344 e. The maximum atomic E-state index is 13.7. The number of nitrogens with zero attached hydrogens (tertiary/aromatic N) is 1. The molecule has 0 radical (unpaired) electrons. The number of anilines is 1. The van der Waals surface area contributed by atoms with Gasteiger partial charge in [-0.05, 0) is 36.8 Å². The van der Waals surface area contributed by atoms with Crippen LogP contribution in [-0.4, -0.2) is 30.3 Å². The van der Waals surface area contributed by atoms with Gasteiger partial charge in [-0.15, -0.1) is 0 Å². The summed E-state index contributed by atoms with van der Waals surface area (Å²) >= 11 is 11.7. The average Bonchev–Trinajstić information content (AvgIpc) is 2.91. The molecule has 0 spiro atoms. The Morgan fingerprint density at radius 3 is 2.48 bits per heavy atom. The van der Waals surface area contributed by atoms with Crippen LogP contribution < -0.4 is 5.32 Å². The maximum Gasteiger partial charge on any atom is 0.237 e. The van der Waals surface area contributed by atoms with E-state index in [9.17, 15) is 18.4 Å². The highest BCUT2D eigenvalue weighted by Crippen LogP contribution is 2.37. The van der Waals surface area contributed by atoms with Crippen molar-refractivity contribution in [2.45, 2.75) is 12.8 Å². The van der Waals surface area contributed by atoms with Gasteiger partial charge in [-0.3, -0.25) is 9.59 Å². The molecule has 1 heterocycles. The molecule has 0 aromatic heterocycles. The monoisotopic (exact) mass is 412 g/mol. The summed E-state index contributed by atoms with van der Waals surface area (Å²) in [7, 11) is 1.57. The molecule has 142 valence electrons. The first-order valence-corrected chi connectivity index (χ1v) is 8.91. The number of carbonyl (C=O) groups is 2. The Bertz CT molecular complexity index is 913. The lowest BCUT2D eigenvalue weighted by atomic mass is 9.87. The van der Waals surface area contributed by atoms with Crippen LogP contribution >= 0.6 is 23.2 Å². The fourth-order valence-electron chi connectivity index (χ4n) is 3.24. The van der Waals surface area contributed by atoms with E-state index >= 15 is 0 Å². The zero-order chi connectivity index (χ0) is 19.9. The normalized spacial score (nSPS) is 19.5. The summed E-state index contributed by atoms with van der Waals surface area (Å²) in [5, 5.41) is 2.26. The Hall–Kier alpha value is -2.18. The van der Waals surface area contributed by atoms with Gasteiger partial charge in [-0.2, -0.15) is 0 Å². The van der Waals surface area contributed by atoms with E-state index in [-0.39, 0.29) is 33.7 Å². The molecular formula is C19H16Cl2F2N2O2. The number of likely N-dealkylation sites (tertiary alicyclic amines) is 1. The number of likely N-dealkylation sites (N-methyl/N-ethyl adjacent to an activating group) is 1. The van der Waals surface area contributed by atoms with E-state index in [2.05, 4.69) is 5.32 Å². The van der Waals surface area contributed by atoms with Crippen molar-refractivity contribution >= 4 is 40.7 Å². The van der Waals surface area contributed by atoms with Crippen molar-refractivity contribution in [3.8, 4) is 0 Å². The second-order valence-corrected chi connectivity index (χ2v) is 7.32. The molecule has 3 rings (SSSR count). The van der Waals surface area contributed by atoms with Crippen LogP contribution in [0.2, 0.25) is 10.0 Å². The van der Waals surface area contributed by atoms with Crippen molar-refractivity contribution in [2.75, 3.05) is 18.9 Å². The SMILES string of the molecule is Cc1c(F)cccc1NC(=O)[C@@H]1C(=O)N(C)C[C@H]1c1cc(Cl)c(F)c(Cl)c1. The van der Waals surface area contributed by atoms with Crippen molar-refractivity contribution in [1.82, 2.24) is 4.90 Å². The number of halogens is 4. The van der Waals surface area contributed by atoms with Crippen molar-refractivity contribution in [3.05, 3.63) is 63.1 Å². The minimum atomic E-state index is -1.06. The first kappa shape index (κ1) is 19.6. The quantitative estimate of drug-likeness (QED) is 0.600. The molecule has 0 unspecified atom stereocenters. The van der Waals surface area contributed by atoms with Crippen LogP contribution in [0, 0.1) is 24.5 Å². The second-order valence-electron chi connectivity index (χ2n) is 6.50. The number of hydrogen-bond donors (Lipinski definition) is 1. The predicted octanol–water partition coefficient (Wildman–Crippen LogP) is 4.39. The van der Waals surface area contributed by atoms with Gasteiger partial charge in [0.15, 0.2) is 5.82 Å². The van der Waals surface area contributed by atoms with Crippen LogP contribution in [0.5, 0.6) is 0 Å². The van der Waals surface area contributed by atoms with Crippen LogP contribution in [0.1, 0.15) is 17.0 Å². The van der Waals surface area contributed by atoms with Gasteiger partial charge >= 0.3 is 0 Å². The Morgan fingerprint density at radius 1 is 1.22 bits per heavy atom. The molecule has 1 aliphatic rings. The molecular weight excluding hydrogens is 397 g/mol. The van der Waals surface area contributed by atoms with E-state index in [1.54, 1.807) is 13.1 Å². The van der Waals surface area contributed by atoms with Crippen molar-refractivity contribution in [2.24, 2.45) is 5.92 Å². The number of benzene rings is 2. The number of hydrogen-bond acceptors (Lipinski definition) is 2. The molecule has 0 aliphatic carbocycles. The fraction of sp³-hybridized carbons (Fsp3) is 0.263. The van der Waals surface area contributed by atoms with Gasteiger partial charge in [0.2, 0.25) is 11.8 Å². The minimum absolute atomic E-state index is 0.181. The fourth-order valence-corrected chi connectivity index (χ4v) is 3.74. The van der Waals surface area contributed by atoms with Gasteiger partial charge in [0, 0.05) is 30.8 Å². The summed E-state index contributed by atoms with van der Waals surface area (Å²) in [4.78, 5) is 26.8. The van der Waals surface area contributed by atoms with Gasteiger partial charge < -0.3 is 10.2 Å². The summed E-state index contributed by atoms with van der Waals surface area (Å²) in [5.41, 5.74) is 1.05. The summed E-state index contributed by atoms with van der Waals surface area (Å²) in [6, 6.07) is 7.05. The van der Waals surface area contributed by atoms with E-state index in [0.29, 0.717) is 5.56 Å². The zero-order valence-corrected chi connectivity index (χ0v) is 16.0. The molecule has 27 heavy (non-hydrogen) atoms. The van der Waals surface area contributed by atoms with Crippen LogP contribution in [0.25, 0.3) is 0 Å². The van der Waals surface area contributed by atoms with Gasteiger partial charge in [0.25, 0.3) is 0 Å². The smallest absolute Gasteiger partial charge is 0.237 e. The average molecular weight is 413 g/mol. The van der Waals surface area contributed by atoms with Crippen molar-refractivity contribution < 1.29 is 18.4 Å². The summed E-state index contributed by atoms with van der Waals surface area (Å²) in [6.45, 7) is 1.78. The van der Waals surface area contributed by atoms with E-state index < -0.39 is 29.4 Å². The first-order valence-electron chi connectivity index (χ1n) is 8.16. The third-order valence-electron chi connectivity index (χ3n) is 4.76. The molecule has 1 N–H and O–H groups in total. The van der Waals surface area contributed by atoms with Gasteiger partial charge in [0.05, 0.1) is 10.0 Å². The molecule has 2 atom stereocenters. The number of rotatable bonds is 3. The lowest BCUT2D eigenvalue weighted by molar-refractivity contribution is -0.135. The molecule has 1 fully saturated rings. The highest BCUT2D eigenvalue weighted by atomic mass is 35.5. The molecule has 0 saturated carbocycles. The van der Waals surface area contributed by atoms with Gasteiger partial charge in [-0.1, -0.05) is 29.3 Å².